The first-order chi connectivity index (χ1) is 14.2. The Balaban J connectivity index is 1.72. The number of carbonyl (C=O) groups excluding carboxylic acids is 2. The first-order valence-corrected chi connectivity index (χ1v) is 9.33. The van der Waals surface area contributed by atoms with E-state index in [1.54, 1.807) is 32.2 Å². The molecule has 0 saturated carbocycles. The Kier molecular flexibility index (Phi) is 4.54. The second kappa shape index (κ2) is 6.96. The average molecular weight is 407 g/mol. The number of pyridine rings is 1. The summed E-state index contributed by atoms with van der Waals surface area (Å²) in [7, 11) is 1.63. The lowest BCUT2D eigenvalue weighted by Gasteiger charge is -2.16. The minimum atomic E-state index is -1.70. The van der Waals surface area contributed by atoms with Crippen LogP contribution in [-0.2, 0) is 10.4 Å². The lowest BCUT2D eigenvalue weighted by Crippen LogP contribution is -2.35. The lowest BCUT2D eigenvalue weighted by molar-refractivity contribution is -0.144. The number of hydrogen-bond donors (Lipinski definition) is 3. The number of nitrogens with zero attached hydrogens (tertiary/aromatic N) is 3. The van der Waals surface area contributed by atoms with Crippen LogP contribution < -0.4 is 11.5 Å². The summed E-state index contributed by atoms with van der Waals surface area (Å²) in [5.74, 6) is -1.01. The number of nitrogens with two attached hydrogens (primary N) is 2. The van der Waals surface area contributed by atoms with Crippen LogP contribution >= 0.6 is 0 Å². The van der Waals surface area contributed by atoms with E-state index >= 15 is 0 Å². The normalized spacial score (nSPS) is 18.8. The second-order valence-electron chi connectivity index (χ2n) is 7.45. The molecule has 1 aromatic carbocycles. The van der Waals surface area contributed by atoms with E-state index in [9.17, 15) is 14.7 Å². The van der Waals surface area contributed by atoms with E-state index in [0.29, 0.717) is 29.1 Å². The molecule has 0 aliphatic carbocycles. The Labute approximate surface area is 172 Å². The molecular weight excluding hydrogens is 386 g/mol. The van der Waals surface area contributed by atoms with E-state index in [1.165, 1.54) is 4.90 Å². The van der Waals surface area contributed by atoms with Gasteiger partial charge in [-0.2, -0.15) is 0 Å². The first-order valence-electron chi connectivity index (χ1n) is 9.33. The highest BCUT2D eigenvalue weighted by atomic mass is 16.5. The van der Waals surface area contributed by atoms with Gasteiger partial charge in [0.2, 0.25) is 5.60 Å². The molecular formula is C21H21N5O4. The largest absolute Gasteiger partial charge is 0.397 e. The summed E-state index contributed by atoms with van der Waals surface area (Å²) < 4.78 is 5.31. The molecule has 2 amide bonds. The molecule has 3 aromatic rings. The molecule has 1 saturated heterocycles. The molecule has 2 aromatic heterocycles. The highest BCUT2D eigenvalue weighted by molar-refractivity contribution is 5.97. The number of aryl methyl sites for hydroxylation is 1. The number of anilines is 1. The number of primary amides is 1. The summed E-state index contributed by atoms with van der Waals surface area (Å²) in [5, 5.41) is 14.8. The maximum Gasteiger partial charge on any atom is 0.269 e. The maximum absolute atomic E-state index is 12.3. The van der Waals surface area contributed by atoms with Gasteiger partial charge in [0.25, 0.3) is 11.8 Å². The number of rotatable bonds is 4. The van der Waals surface area contributed by atoms with E-state index in [2.05, 4.69) is 10.1 Å². The molecule has 0 radical (unpaired) electrons. The van der Waals surface area contributed by atoms with Crippen molar-refractivity contribution in [3.63, 3.8) is 0 Å². The van der Waals surface area contributed by atoms with Gasteiger partial charge in [-0.1, -0.05) is 23.4 Å². The van der Waals surface area contributed by atoms with Crippen LogP contribution in [0.1, 0.15) is 28.2 Å². The third-order valence-corrected chi connectivity index (χ3v) is 5.38. The zero-order valence-electron chi connectivity index (χ0n) is 16.5. The van der Waals surface area contributed by atoms with Crippen molar-refractivity contribution in [3.05, 3.63) is 53.4 Å². The van der Waals surface area contributed by atoms with E-state index in [4.69, 9.17) is 16.0 Å². The van der Waals surface area contributed by atoms with E-state index in [-0.39, 0.29) is 23.6 Å². The standard InChI is InChI=1S/C21H21N5O4/c1-11-8-14(24-18(17(11)22)19(23)27)12-4-3-5-13(9-12)15-10-16(30-25-15)21(29)6-7-26(2)20(21)28/h3-5,8-10,29H,6-7,22H2,1-2H3,(H2,23,27)/t21-/m1/s1. The number of benzene rings is 1. The molecule has 9 heteroatoms. The smallest absolute Gasteiger partial charge is 0.269 e. The number of nitrogen functional groups attached to an aromatic ring is 1. The summed E-state index contributed by atoms with van der Waals surface area (Å²) in [6.07, 6.45) is 0.238. The molecule has 0 bridgehead atoms. The van der Waals surface area contributed by atoms with Crippen molar-refractivity contribution < 1.29 is 19.2 Å². The van der Waals surface area contributed by atoms with Crippen molar-refractivity contribution in [1.82, 2.24) is 15.0 Å². The fraction of sp³-hybridized carbons (Fsp3) is 0.238. The van der Waals surface area contributed by atoms with Gasteiger partial charge >= 0.3 is 0 Å². The van der Waals surface area contributed by atoms with Crippen LogP contribution in [0, 0.1) is 6.92 Å². The van der Waals surface area contributed by atoms with Gasteiger partial charge in [0.05, 0.1) is 11.4 Å². The summed E-state index contributed by atoms with van der Waals surface area (Å²) in [6, 6.07) is 10.6. The molecule has 0 spiro atoms. The minimum Gasteiger partial charge on any atom is -0.397 e. The van der Waals surface area contributed by atoms with Gasteiger partial charge < -0.3 is 26.0 Å². The average Bonchev–Trinajstić information content (AvgIpc) is 3.32. The number of likely N-dealkylation sites (N-methyl/N-ethyl adjacent to an activating group) is 1. The maximum atomic E-state index is 12.3. The zero-order chi connectivity index (χ0) is 21.6. The molecule has 154 valence electrons. The van der Waals surface area contributed by atoms with Crippen molar-refractivity contribution in [2.45, 2.75) is 18.9 Å². The molecule has 9 nitrogen and oxygen atoms in total. The summed E-state index contributed by atoms with van der Waals surface area (Å²) in [6.45, 7) is 2.21. The fourth-order valence-electron chi connectivity index (χ4n) is 3.54. The minimum absolute atomic E-state index is 0.0187. The van der Waals surface area contributed by atoms with Gasteiger partial charge in [-0.05, 0) is 24.6 Å². The van der Waals surface area contributed by atoms with Crippen LogP contribution in [0.15, 0.2) is 40.9 Å². The van der Waals surface area contributed by atoms with Crippen LogP contribution in [0.4, 0.5) is 5.69 Å². The number of aliphatic hydroxyl groups is 1. The molecule has 5 N–H and O–H groups in total. The van der Waals surface area contributed by atoms with E-state index < -0.39 is 17.4 Å². The van der Waals surface area contributed by atoms with Crippen LogP contribution in [0.3, 0.4) is 0 Å². The Morgan fingerprint density at radius 2 is 1.93 bits per heavy atom. The van der Waals surface area contributed by atoms with Gasteiger partial charge in [-0.3, -0.25) is 9.59 Å². The highest BCUT2D eigenvalue weighted by Gasteiger charge is 2.48. The Bertz CT molecular complexity index is 1170. The first kappa shape index (κ1) is 19.6. The second-order valence-corrected chi connectivity index (χ2v) is 7.45. The highest BCUT2D eigenvalue weighted by Crippen LogP contribution is 2.35. The Morgan fingerprint density at radius 1 is 1.23 bits per heavy atom. The fourth-order valence-corrected chi connectivity index (χ4v) is 3.54. The van der Waals surface area contributed by atoms with Crippen LogP contribution in [-0.4, -0.2) is 45.6 Å². The Morgan fingerprint density at radius 3 is 2.57 bits per heavy atom. The van der Waals surface area contributed by atoms with Crippen LogP contribution in [0.2, 0.25) is 0 Å². The predicted molar refractivity (Wildman–Crippen MR) is 109 cm³/mol. The molecule has 1 fully saturated rings. The van der Waals surface area contributed by atoms with Crippen molar-refractivity contribution in [2.24, 2.45) is 5.73 Å². The van der Waals surface area contributed by atoms with Crippen molar-refractivity contribution >= 4 is 17.5 Å². The third-order valence-electron chi connectivity index (χ3n) is 5.38. The van der Waals surface area contributed by atoms with Crippen molar-refractivity contribution in [2.75, 3.05) is 19.3 Å². The third kappa shape index (κ3) is 3.09. The van der Waals surface area contributed by atoms with Crippen LogP contribution in [0.5, 0.6) is 0 Å². The summed E-state index contributed by atoms with van der Waals surface area (Å²) in [4.78, 5) is 29.7. The van der Waals surface area contributed by atoms with Crippen LogP contribution in [0.25, 0.3) is 22.5 Å². The number of likely N-dealkylation sites (tertiary alicyclic amines) is 1. The van der Waals surface area contributed by atoms with E-state index in [1.807, 2.05) is 18.2 Å². The van der Waals surface area contributed by atoms with Gasteiger partial charge in [0.1, 0.15) is 5.69 Å². The predicted octanol–water partition coefficient (Wildman–Crippen LogP) is 1.44. The topological polar surface area (TPSA) is 149 Å². The molecule has 4 rings (SSSR count). The summed E-state index contributed by atoms with van der Waals surface area (Å²) >= 11 is 0. The van der Waals surface area contributed by atoms with Gasteiger partial charge in [0.15, 0.2) is 11.5 Å². The van der Waals surface area contributed by atoms with Gasteiger partial charge in [0, 0.05) is 37.2 Å². The molecule has 1 atom stereocenters. The molecule has 3 heterocycles. The van der Waals surface area contributed by atoms with E-state index in [0.717, 1.165) is 5.56 Å². The molecule has 30 heavy (non-hydrogen) atoms. The SMILES string of the molecule is Cc1cc(-c2cccc(-c3cc([C@]4(O)CCN(C)C4=O)on3)c2)nc(C(N)=O)c1N. The van der Waals surface area contributed by atoms with Crippen molar-refractivity contribution in [1.29, 1.82) is 0 Å². The summed E-state index contributed by atoms with van der Waals surface area (Å²) in [5.41, 5.74) is 13.0. The quantitative estimate of drug-likeness (QED) is 0.592. The Hall–Kier alpha value is -3.72. The lowest BCUT2D eigenvalue weighted by atomic mass is 9.97. The number of aromatic nitrogens is 2. The number of hydrogen-bond acceptors (Lipinski definition) is 7. The van der Waals surface area contributed by atoms with Gasteiger partial charge in [-0.15, -0.1) is 0 Å². The molecule has 0 unspecified atom stereocenters. The number of amides is 2. The van der Waals surface area contributed by atoms with Crippen molar-refractivity contribution in [3.8, 4) is 22.5 Å². The molecule has 1 aliphatic heterocycles. The monoisotopic (exact) mass is 407 g/mol. The zero-order valence-corrected chi connectivity index (χ0v) is 16.5. The van der Waals surface area contributed by atoms with Gasteiger partial charge in [-0.25, -0.2) is 4.98 Å². The number of carbonyl (C=O) groups is 2. The molecule has 1 aliphatic rings.